The van der Waals surface area contributed by atoms with Gasteiger partial charge in [0, 0.05) is 19.5 Å². The van der Waals surface area contributed by atoms with Crippen molar-refractivity contribution in [2.45, 2.75) is 33.7 Å². The second-order valence-corrected chi connectivity index (χ2v) is 8.19. The minimum absolute atomic E-state index is 0.143. The van der Waals surface area contributed by atoms with Crippen LogP contribution < -0.4 is 10.1 Å². The molecule has 4 rings (SSSR count). The molecule has 5 nitrogen and oxygen atoms in total. The molecule has 32 heavy (non-hydrogen) atoms. The summed E-state index contributed by atoms with van der Waals surface area (Å²) in [4.78, 5) is 17.5. The summed E-state index contributed by atoms with van der Waals surface area (Å²) in [6.45, 7) is 7.72. The second-order valence-electron chi connectivity index (χ2n) is 8.19. The van der Waals surface area contributed by atoms with E-state index >= 15 is 0 Å². The first-order chi connectivity index (χ1) is 15.5. The molecule has 1 aromatic heterocycles. The fourth-order valence-corrected chi connectivity index (χ4v) is 4.33. The smallest absolute Gasteiger partial charge is 0.255 e. The van der Waals surface area contributed by atoms with E-state index < -0.39 is 0 Å². The summed E-state index contributed by atoms with van der Waals surface area (Å²) in [6.07, 6.45) is 0.638. The van der Waals surface area contributed by atoms with Crippen LogP contribution in [-0.4, -0.2) is 29.1 Å². The van der Waals surface area contributed by atoms with Crippen molar-refractivity contribution in [2.24, 2.45) is 0 Å². The number of nitrogens with one attached hydrogen (secondary N) is 1. The number of rotatable bonds is 7. The number of aryl methyl sites for hydroxylation is 3. The Morgan fingerprint density at radius 2 is 1.69 bits per heavy atom. The highest BCUT2D eigenvalue weighted by Crippen LogP contribution is 2.23. The van der Waals surface area contributed by atoms with Crippen molar-refractivity contribution in [3.05, 3.63) is 94.3 Å². The molecule has 3 aromatic carbocycles. The van der Waals surface area contributed by atoms with Crippen LogP contribution in [0.25, 0.3) is 11.0 Å². The first kappa shape index (κ1) is 21.6. The van der Waals surface area contributed by atoms with Gasteiger partial charge in [0.15, 0.2) is 0 Å². The van der Waals surface area contributed by atoms with Gasteiger partial charge < -0.3 is 14.6 Å². The first-order valence-corrected chi connectivity index (χ1v) is 10.9. The number of methoxy groups -OCH3 is 1. The van der Waals surface area contributed by atoms with Crippen LogP contribution in [-0.2, 0) is 13.0 Å². The second kappa shape index (κ2) is 9.27. The molecule has 0 bridgehead atoms. The standard InChI is InChI=1S/C27H29N3O2/c1-18-15-19(2)22(20(3)16-18)17-30-24-11-7-6-10-23(24)29-26(30)13-14-28-27(31)21-9-5-8-12-25(21)32-4/h5-12,15-16H,13-14,17H2,1-4H3,(H,28,31). The lowest BCUT2D eigenvalue weighted by Gasteiger charge is -2.15. The molecular weight excluding hydrogens is 398 g/mol. The van der Waals surface area contributed by atoms with Crippen LogP contribution in [0.3, 0.4) is 0 Å². The van der Waals surface area contributed by atoms with Crippen molar-refractivity contribution in [3.8, 4) is 5.75 Å². The van der Waals surface area contributed by atoms with Gasteiger partial charge in [-0.25, -0.2) is 4.98 Å². The van der Waals surface area contributed by atoms with E-state index in [1.54, 1.807) is 19.2 Å². The molecule has 0 saturated heterocycles. The molecule has 164 valence electrons. The van der Waals surface area contributed by atoms with Crippen molar-refractivity contribution < 1.29 is 9.53 Å². The summed E-state index contributed by atoms with van der Waals surface area (Å²) in [5.41, 5.74) is 7.79. The van der Waals surface area contributed by atoms with Crippen LogP contribution in [0.15, 0.2) is 60.7 Å². The number of para-hydroxylation sites is 3. The average Bonchev–Trinajstić information content (AvgIpc) is 3.13. The summed E-state index contributed by atoms with van der Waals surface area (Å²) in [5, 5.41) is 3.02. The Kier molecular flexibility index (Phi) is 6.26. The number of amides is 1. The molecule has 0 radical (unpaired) electrons. The zero-order chi connectivity index (χ0) is 22.7. The predicted octanol–water partition coefficient (Wildman–Crippen LogP) is 4.99. The summed E-state index contributed by atoms with van der Waals surface area (Å²) in [5.74, 6) is 1.39. The third-order valence-corrected chi connectivity index (χ3v) is 5.88. The molecule has 1 N–H and O–H groups in total. The van der Waals surface area contributed by atoms with Gasteiger partial charge in [0.1, 0.15) is 11.6 Å². The van der Waals surface area contributed by atoms with Gasteiger partial charge in [-0.3, -0.25) is 4.79 Å². The van der Waals surface area contributed by atoms with Crippen LogP contribution >= 0.6 is 0 Å². The lowest BCUT2D eigenvalue weighted by Crippen LogP contribution is -2.27. The third kappa shape index (κ3) is 4.37. The van der Waals surface area contributed by atoms with E-state index in [2.05, 4.69) is 48.9 Å². The van der Waals surface area contributed by atoms with Crippen molar-refractivity contribution in [2.75, 3.05) is 13.7 Å². The van der Waals surface area contributed by atoms with Gasteiger partial charge in [-0.2, -0.15) is 0 Å². The number of hydrogen-bond donors (Lipinski definition) is 1. The SMILES string of the molecule is COc1ccccc1C(=O)NCCc1nc2ccccc2n1Cc1c(C)cc(C)cc1C. The number of aromatic nitrogens is 2. The quantitative estimate of drug-likeness (QED) is 0.452. The highest BCUT2D eigenvalue weighted by Gasteiger charge is 2.15. The number of imidazole rings is 1. The highest BCUT2D eigenvalue weighted by atomic mass is 16.5. The van der Waals surface area contributed by atoms with Crippen molar-refractivity contribution in [3.63, 3.8) is 0 Å². The minimum Gasteiger partial charge on any atom is -0.496 e. The van der Waals surface area contributed by atoms with Crippen LogP contribution in [0.1, 0.15) is 38.4 Å². The summed E-state index contributed by atoms with van der Waals surface area (Å²) in [7, 11) is 1.57. The molecule has 0 unspecified atom stereocenters. The number of carbonyl (C=O) groups excluding carboxylic acids is 1. The number of nitrogens with zero attached hydrogens (tertiary/aromatic N) is 2. The van der Waals surface area contributed by atoms with Crippen LogP contribution in [0.4, 0.5) is 0 Å². The molecule has 0 saturated carbocycles. The molecule has 0 aliphatic rings. The molecule has 0 atom stereocenters. The lowest BCUT2D eigenvalue weighted by atomic mass is 9.99. The van der Waals surface area contributed by atoms with E-state index in [0.717, 1.165) is 23.4 Å². The average molecular weight is 428 g/mol. The maximum absolute atomic E-state index is 12.7. The number of hydrogen-bond acceptors (Lipinski definition) is 3. The van der Waals surface area contributed by atoms with Crippen molar-refractivity contribution in [1.29, 1.82) is 0 Å². The Morgan fingerprint density at radius 1 is 1.00 bits per heavy atom. The number of fused-ring (bicyclic) bond motifs is 1. The van der Waals surface area contributed by atoms with E-state index in [-0.39, 0.29) is 5.91 Å². The van der Waals surface area contributed by atoms with Gasteiger partial charge in [-0.15, -0.1) is 0 Å². The van der Waals surface area contributed by atoms with Gasteiger partial charge in [0.2, 0.25) is 0 Å². The molecular formula is C27H29N3O2. The molecule has 1 amide bonds. The van der Waals surface area contributed by atoms with E-state index in [1.807, 2.05) is 30.3 Å². The van der Waals surface area contributed by atoms with E-state index in [0.29, 0.717) is 24.3 Å². The van der Waals surface area contributed by atoms with Gasteiger partial charge >= 0.3 is 0 Å². The maximum atomic E-state index is 12.7. The van der Waals surface area contributed by atoms with Crippen molar-refractivity contribution >= 4 is 16.9 Å². The Hall–Kier alpha value is -3.60. The van der Waals surface area contributed by atoms with Crippen molar-refractivity contribution in [1.82, 2.24) is 14.9 Å². The summed E-state index contributed by atoms with van der Waals surface area (Å²) in [6, 6.07) is 19.9. The van der Waals surface area contributed by atoms with Gasteiger partial charge in [0.05, 0.1) is 23.7 Å². The Labute approximate surface area is 189 Å². The zero-order valence-corrected chi connectivity index (χ0v) is 19.1. The molecule has 0 fully saturated rings. The maximum Gasteiger partial charge on any atom is 0.255 e. The minimum atomic E-state index is -0.143. The fourth-order valence-electron chi connectivity index (χ4n) is 4.33. The Balaban J connectivity index is 1.58. The molecule has 0 aliphatic heterocycles. The number of ether oxygens (including phenoxy) is 1. The largest absolute Gasteiger partial charge is 0.496 e. The fraction of sp³-hybridized carbons (Fsp3) is 0.259. The van der Waals surface area contributed by atoms with E-state index in [4.69, 9.17) is 9.72 Å². The summed E-state index contributed by atoms with van der Waals surface area (Å²) < 4.78 is 7.58. The molecule has 1 heterocycles. The van der Waals surface area contributed by atoms with Gasteiger partial charge in [0.25, 0.3) is 5.91 Å². The molecule has 0 aliphatic carbocycles. The van der Waals surface area contributed by atoms with Gasteiger partial charge in [-0.1, -0.05) is 42.0 Å². The summed E-state index contributed by atoms with van der Waals surface area (Å²) >= 11 is 0. The van der Waals surface area contributed by atoms with E-state index in [1.165, 1.54) is 22.3 Å². The zero-order valence-electron chi connectivity index (χ0n) is 19.1. The Bertz CT molecular complexity index is 1250. The number of benzene rings is 3. The van der Waals surface area contributed by atoms with Crippen LogP contribution in [0.2, 0.25) is 0 Å². The first-order valence-electron chi connectivity index (χ1n) is 10.9. The molecule has 5 heteroatoms. The van der Waals surface area contributed by atoms with Crippen LogP contribution in [0, 0.1) is 20.8 Å². The number of carbonyl (C=O) groups is 1. The lowest BCUT2D eigenvalue weighted by molar-refractivity contribution is 0.0951. The third-order valence-electron chi connectivity index (χ3n) is 5.88. The molecule has 0 spiro atoms. The van der Waals surface area contributed by atoms with Crippen LogP contribution in [0.5, 0.6) is 5.75 Å². The Morgan fingerprint density at radius 3 is 2.44 bits per heavy atom. The highest BCUT2D eigenvalue weighted by molar-refractivity contribution is 5.96. The van der Waals surface area contributed by atoms with E-state index in [9.17, 15) is 4.79 Å². The normalized spacial score (nSPS) is 11.0. The monoisotopic (exact) mass is 427 g/mol. The predicted molar refractivity (Wildman–Crippen MR) is 129 cm³/mol. The molecule has 4 aromatic rings. The van der Waals surface area contributed by atoms with Gasteiger partial charge in [-0.05, 0) is 61.7 Å². The topological polar surface area (TPSA) is 56.1 Å².